The van der Waals surface area contributed by atoms with Gasteiger partial charge in [0.2, 0.25) is 5.91 Å². The van der Waals surface area contributed by atoms with Gasteiger partial charge in [0.15, 0.2) is 5.16 Å². The molecule has 114 valence electrons. The standard InChI is InChI=1S/C12H22N4O3S/c1-4-12(6-17,7-18)14-10(19)5-20-11-15-13-8-16(11)9(2)3/h8-9,17-18H,4-7H2,1-3H3,(H,14,19). The molecule has 0 aromatic carbocycles. The summed E-state index contributed by atoms with van der Waals surface area (Å²) < 4.78 is 1.88. The van der Waals surface area contributed by atoms with E-state index in [0.717, 1.165) is 0 Å². The van der Waals surface area contributed by atoms with Gasteiger partial charge in [0.05, 0.1) is 24.5 Å². The molecule has 0 saturated heterocycles. The van der Waals surface area contributed by atoms with Crippen molar-refractivity contribution in [2.45, 2.75) is 43.9 Å². The number of hydrogen-bond donors (Lipinski definition) is 3. The van der Waals surface area contributed by atoms with Crippen molar-refractivity contribution < 1.29 is 15.0 Å². The fourth-order valence-electron chi connectivity index (χ4n) is 1.59. The average molecular weight is 302 g/mol. The van der Waals surface area contributed by atoms with Gasteiger partial charge in [0, 0.05) is 6.04 Å². The average Bonchev–Trinajstić information content (AvgIpc) is 2.91. The van der Waals surface area contributed by atoms with E-state index in [4.69, 9.17) is 0 Å². The molecule has 1 aromatic heterocycles. The molecule has 0 atom stereocenters. The Bertz CT molecular complexity index is 424. The van der Waals surface area contributed by atoms with Gasteiger partial charge < -0.3 is 20.1 Å². The number of aromatic nitrogens is 3. The van der Waals surface area contributed by atoms with Gasteiger partial charge in [0.25, 0.3) is 0 Å². The Morgan fingerprint density at radius 2 is 2.15 bits per heavy atom. The Labute approximate surface area is 122 Å². The summed E-state index contributed by atoms with van der Waals surface area (Å²) in [6.45, 7) is 5.23. The van der Waals surface area contributed by atoms with Crippen LogP contribution in [-0.2, 0) is 4.79 Å². The molecule has 1 heterocycles. The minimum absolute atomic E-state index is 0.160. The highest BCUT2D eigenvalue weighted by molar-refractivity contribution is 7.99. The normalized spacial score (nSPS) is 11.9. The van der Waals surface area contributed by atoms with Crippen LogP contribution in [0.2, 0.25) is 0 Å². The molecule has 1 aromatic rings. The molecule has 0 saturated carbocycles. The van der Waals surface area contributed by atoms with Gasteiger partial charge >= 0.3 is 0 Å². The number of hydrogen-bond acceptors (Lipinski definition) is 6. The Kier molecular flexibility index (Phi) is 6.44. The van der Waals surface area contributed by atoms with Crippen LogP contribution < -0.4 is 5.32 Å². The minimum Gasteiger partial charge on any atom is -0.394 e. The highest BCUT2D eigenvalue weighted by Gasteiger charge is 2.28. The Hall–Kier alpha value is -1.12. The number of amides is 1. The number of nitrogens with zero attached hydrogens (tertiary/aromatic N) is 3. The lowest BCUT2D eigenvalue weighted by atomic mass is 9.99. The molecule has 0 unspecified atom stereocenters. The molecule has 0 aliphatic rings. The van der Waals surface area contributed by atoms with Gasteiger partial charge in [-0.3, -0.25) is 4.79 Å². The number of aliphatic hydroxyl groups is 2. The summed E-state index contributed by atoms with van der Waals surface area (Å²) in [5.74, 6) is -0.0917. The van der Waals surface area contributed by atoms with E-state index >= 15 is 0 Å². The first-order valence-corrected chi connectivity index (χ1v) is 7.51. The van der Waals surface area contributed by atoms with Crippen LogP contribution in [0, 0.1) is 0 Å². The molecule has 7 nitrogen and oxygen atoms in total. The van der Waals surface area contributed by atoms with Crippen molar-refractivity contribution in [2.75, 3.05) is 19.0 Å². The molecular weight excluding hydrogens is 280 g/mol. The maximum absolute atomic E-state index is 11.9. The largest absolute Gasteiger partial charge is 0.394 e. The van der Waals surface area contributed by atoms with Crippen molar-refractivity contribution in [3.05, 3.63) is 6.33 Å². The maximum Gasteiger partial charge on any atom is 0.231 e. The summed E-state index contributed by atoms with van der Waals surface area (Å²) in [5, 5.41) is 29.7. The van der Waals surface area contributed by atoms with Crippen LogP contribution in [-0.4, -0.2) is 55.4 Å². The van der Waals surface area contributed by atoms with E-state index < -0.39 is 5.54 Å². The van der Waals surface area contributed by atoms with E-state index in [1.807, 2.05) is 18.4 Å². The fourth-order valence-corrected chi connectivity index (χ4v) is 2.44. The zero-order valence-electron chi connectivity index (χ0n) is 12.0. The lowest BCUT2D eigenvalue weighted by molar-refractivity contribution is -0.121. The van der Waals surface area contributed by atoms with Gasteiger partial charge in [-0.15, -0.1) is 10.2 Å². The number of thioether (sulfide) groups is 1. The molecule has 0 radical (unpaired) electrons. The van der Waals surface area contributed by atoms with Gasteiger partial charge in [-0.25, -0.2) is 0 Å². The first-order valence-electron chi connectivity index (χ1n) is 6.53. The number of nitrogens with one attached hydrogen (secondary N) is 1. The second-order valence-corrected chi connectivity index (χ2v) is 5.84. The molecule has 1 amide bonds. The summed E-state index contributed by atoms with van der Waals surface area (Å²) in [6.07, 6.45) is 2.08. The Morgan fingerprint density at radius 1 is 1.50 bits per heavy atom. The summed E-state index contributed by atoms with van der Waals surface area (Å²) in [7, 11) is 0. The molecule has 0 aliphatic carbocycles. The number of rotatable bonds is 8. The first-order chi connectivity index (χ1) is 9.48. The van der Waals surface area contributed by atoms with Crippen molar-refractivity contribution in [2.24, 2.45) is 0 Å². The van der Waals surface area contributed by atoms with E-state index in [-0.39, 0.29) is 30.9 Å². The monoisotopic (exact) mass is 302 g/mol. The van der Waals surface area contributed by atoms with Crippen LogP contribution in [0.5, 0.6) is 0 Å². The van der Waals surface area contributed by atoms with Crippen molar-refractivity contribution in [3.63, 3.8) is 0 Å². The van der Waals surface area contributed by atoms with Gasteiger partial charge in [-0.05, 0) is 20.3 Å². The van der Waals surface area contributed by atoms with E-state index in [1.165, 1.54) is 11.8 Å². The highest BCUT2D eigenvalue weighted by atomic mass is 32.2. The molecular formula is C12H22N4O3S. The summed E-state index contributed by atoms with van der Waals surface area (Å²) >= 11 is 1.28. The molecule has 1 rings (SSSR count). The predicted molar refractivity (Wildman–Crippen MR) is 76.5 cm³/mol. The summed E-state index contributed by atoms with van der Waals surface area (Å²) in [4.78, 5) is 11.9. The molecule has 0 aliphatic heterocycles. The Morgan fingerprint density at radius 3 is 2.65 bits per heavy atom. The third-order valence-electron chi connectivity index (χ3n) is 3.12. The van der Waals surface area contributed by atoms with Crippen LogP contribution in [0.4, 0.5) is 0 Å². The fraction of sp³-hybridized carbons (Fsp3) is 0.750. The van der Waals surface area contributed by atoms with E-state index in [2.05, 4.69) is 15.5 Å². The van der Waals surface area contributed by atoms with E-state index in [1.54, 1.807) is 13.3 Å². The first kappa shape index (κ1) is 16.9. The van der Waals surface area contributed by atoms with E-state index in [9.17, 15) is 15.0 Å². The molecule has 0 fully saturated rings. The van der Waals surface area contributed by atoms with Crippen molar-refractivity contribution in [3.8, 4) is 0 Å². The zero-order chi connectivity index (χ0) is 15.2. The molecule has 20 heavy (non-hydrogen) atoms. The van der Waals surface area contributed by atoms with Gasteiger partial charge in [0.1, 0.15) is 6.33 Å². The van der Waals surface area contributed by atoms with Crippen LogP contribution in [0.3, 0.4) is 0 Å². The molecule has 3 N–H and O–H groups in total. The summed E-state index contributed by atoms with van der Waals surface area (Å²) in [6, 6.07) is 0.222. The highest BCUT2D eigenvalue weighted by Crippen LogP contribution is 2.19. The van der Waals surface area contributed by atoms with Crippen LogP contribution in [0.1, 0.15) is 33.2 Å². The quantitative estimate of drug-likeness (QED) is 0.593. The molecule has 8 heteroatoms. The zero-order valence-corrected chi connectivity index (χ0v) is 12.9. The maximum atomic E-state index is 11.9. The number of carbonyl (C=O) groups excluding carboxylic acids is 1. The second kappa shape index (κ2) is 7.61. The number of aliphatic hydroxyl groups excluding tert-OH is 2. The van der Waals surface area contributed by atoms with Crippen molar-refractivity contribution in [1.82, 2.24) is 20.1 Å². The third-order valence-corrected chi connectivity index (χ3v) is 4.07. The molecule has 0 bridgehead atoms. The minimum atomic E-state index is -0.955. The Balaban J connectivity index is 2.57. The lowest BCUT2D eigenvalue weighted by Gasteiger charge is -2.29. The topological polar surface area (TPSA) is 100 Å². The second-order valence-electron chi connectivity index (χ2n) is 4.90. The van der Waals surface area contributed by atoms with Gasteiger partial charge in [-0.2, -0.15) is 0 Å². The predicted octanol–water partition coefficient (Wildman–Crippen LogP) is 0.201. The smallest absolute Gasteiger partial charge is 0.231 e. The lowest BCUT2D eigenvalue weighted by Crippen LogP contribution is -2.54. The van der Waals surface area contributed by atoms with Crippen LogP contribution >= 0.6 is 11.8 Å². The van der Waals surface area contributed by atoms with Gasteiger partial charge in [-0.1, -0.05) is 18.7 Å². The van der Waals surface area contributed by atoms with Crippen molar-refractivity contribution in [1.29, 1.82) is 0 Å². The van der Waals surface area contributed by atoms with Crippen LogP contribution in [0.25, 0.3) is 0 Å². The van der Waals surface area contributed by atoms with E-state index in [0.29, 0.717) is 11.6 Å². The molecule has 0 spiro atoms. The number of carbonyl (C=O) groups is 1. The van der Waals surface area contributed by atoms with Crippen LogP contribution in [0.15, 0.2) is 11.5 Å². The third kappa shape index (κ3) is 4.19. The van der Waals surface area contributed by atoms with Crippen molar-refractivity contribution >= 4 is 17.7 Å². The SMILES string of the molecule is CCC(CO)(CO)NC(=O)CSc1nncn1C(C)C. The summed E-state index contributed by atoms with van der Waals surface area (Å²) in [5.41, 5.74) is -0.955.